The Bertz CT molecular complexity index is 473. The number of nitrogens with one attached hydrogen (secondary N) is 1. The maximum atomic E-state index is 12.1. The van der Waals surface area contributed by atoms with Gasteiger partial charge in [-0.05, 0) is 37.3 Å². The van der Waals surface area contributed by atoms with Gasteiger partial charge < -0.3 is 10.2 Å². The van der Waals surface area contributed by atoms with Crippen LogP contribution in [0, 0.1) is 5.92 Å². The molecule has 0 aromatic heterocycles. The van der Waals surface area contributed by atoms with Crippen molar-refractivity contribution in [3.63, 3.8) is 0 Å². The van der Waals surface area contributed by atoms with Crippen molar-refractivity contribution in [2.24, 2.45) is 5.92 Å². The molecule has 0 saturated heterocycles. The van der Waals surface area contributed by atoms with Crippen molar-refractivity contribution in [2.45, 2.75) is 32.2 Å². The van der Waals surface area contributed by atoms with Crippen LogP contribution in [0.25, 0.3) is 0 Å². The van der Waals surface area contributed by atoms with Crippen molar-refractivity contribution >= 4 is 11.8 Å². The lowest BCUT2D eigenvalue weighted by Crippen LogP contribution is -2.42. The summed E-state index contributed by atoms with van der Waals surface area (Å²) >= 11 is 0. The van der Waals surface area contributed by atoms with Crippen LogP contribution in [-0.4, -0.2) is 36.3 Å². The predicted molar refractivity (Wildman–Crippen MR) is 78.3 cm³/mol. The molecule has 1 aliphatic carbocycles. The molecule has 0 aliphatic heterocycles. The molecule has 2 atom stereocenters. The highest BCUT2D eigenvalue weighted by Gasteiger charge is 2.23. The summed E-state index contributed by atoms with van der Waals surface area (Å²) in [6.07, 6.45) is 3.26. The average Bonchev–Trinajstić information content (AvgIpc) is 2.84. The Kier molecular flexibility index (Phi) is 4.77. The van der Waals surface area contributed by atoms with E-state index in [-0.39, 0.29) is 24.4 Å². The zero-order valence-electron chi connectivity index (χ0n) is 12.1. The first-order chi connectivity index (χ1) is 9.56. The molecule has 0 radical (unpaired) electrons. The van der Waals surface area contributed by atoms with E-state index >= 15 is 0 Å². The zero-order valence-corrected chi connectivity index (χ0v) is 12.1. The van der Waals surface area contributed by atoms with Crippen LogP contribution in [0.2, 0.25) is 0 Å². The van der Waals surface area contributed by atoms with Crippen molar-refractivity contribution in [2.75, 3.05) is 13.6 Å². The van der Waals surface area contributed by atoms with E-state index in [2.05, 4.69) is 12.2 Å². The molecule has 0 bridgehead atoms. The summed E-state index contributed by atoms with van der Waals surface area (Å²) in [6, 6.07) is 9.30. The number of rotatable bonds is 4. The molecule has 4 heteroatoms. The molecular formula is C16H22N2O2. The van der Waals surface area contributed by atoms with Crippen LogP contribution in [0.15, 0.2) is 30.3 Å². The van der Waals surface area contributed by atoms with Crippen LogP contribution >= 0.6 is 0 Å². The third kappa shape index (κ3) is 3.83. The number of amides is 2. The van der Waals surface area contributed by atoms with E-state index in [4.69, 9.17) is 0 Å². The molecule has 2 unspecified atom stereocenters. The summed E-state index contributed by atoms with van der Waals surface area (Å²) in [4.78, 5) is 25.5. The van der Waals surface area contributed by atoms with Crippen molar-refractivity contribution in [1.29, 1.82) is 0 Å². The number of benzene rings is 1. The van der Waals surface area contributed by atoms with Gasteiger partial charge in [-0.15, -0.1) is 0 Å². The Hall–Kier alpha value is -1.84. The summed E-state index contributed by atoms with van der Waals surface area (Å²) < 4.78 is 0. The van der Waals surface area contributed by atoms with Gasteiger partial charge in [0.25, 0.3) is 5.91 Å². The maximum absolute atomic E-state index is 12.1. The second kappa shape index (κ2) is 6.55. The molecule has 2 rings (SSSR count). The highest BCUT2D eigenvalue weighted by molar-refractivity contribution is 5.96. The molecule has 0 spiro atoms. The van der Waals surface area contributed by atoms with E-state index in [0.717, 1.165) is 12.8 Å². The second-order valence-electron chi connectivity index (χ2n) is 5.71. The largest absolute Gasteiger partial charge is 0.352 e. The first-order valence-electron chi connectivity index (χ1n) is 7.16. The third-order valence-corrected chi connectivity index (χ3v) is 3.81. The standard InChI is InChI=1S/C16H22N2O2/c1-12-8-9-14(10-12)17-15(19)11-18(2)16(20)13-6-4-3-5-7-13/h3-7,12,14H,8-11H2,1-2H3,(H,17,19). The number of hydrogen-bond acceptors (Lipinski definition) is 2. The van der Waals surface area contributed by atoms with Crippen molar-refractivity contribution < 1.29 is 9.59 Å². The van der Waals surface area contributed by atoms with Crippen LogP contribution in [0.1, 0.15) is 36.5 Å². The van der Waals surface area contributed by atoms with Gasteiger partial charge in [0.2, 0.25) is 5.91 Å². The summed E-state index contributed by atoms with van der Waals surface area (Å²) in [5.41, 5.74) is 0.609. The van der Waals surface area contributed by atoms with Gasteiger partial charge in [-0.3, -0.25) is 9.59 Å². The fraction of sp³-hybridized carbons (Fsp3) is 0.500. The summed E-state index contributed by atoms with van der Waals surface area (Å²) in [7, 11) is 1.66. The first-order valence-corrected chi connectivity index (χ1v) is 7.16. The van der Waals surface area contributed by atoms with E-state index in [9.17, 15) is 9.59 Å². The predicted octanol–water partition coefficient (Wildman–Crippen LogP) is 2.06. The normalized spacial score (nSPS) is 21.5. The van der Waals surface area contributed by atoms with Gasteiger partial charge in [0, 0.05) is 18.7 Å². The van der Waals surface area contributed by atoms with E-state index in [1.54, 1.807) is 19.2 Å². The minimum Gasteiger partial charge on any atom is -0.352 e. The van der Waals surface area contributed by atoms with Crippen LogP contribution in [0.4, 0.5) is 0 Å². The third-order valence-electron chi connectivity index (χ3n) is 3.81. The van der Waals surface area contributed by atoms with Crippen molar-refractivity contribution in [3.05, 3.63) is 35.9 Å². The SMILES string of the molecule is CC1CCC(NC(=O)CN(C)C(=O)c2ccccc2)C1. The lowest BCUT2D eigenvalue weighted by molar-refractivity contribution is -0.122. The Labute approximate surface area is 120 Å². The Morgan fingerprint density at radius 1 is 1.25 bits per heavy atom. The summed E-state index contributed by atoms with van der Waals surface area (Å²) in [5, 5.41) is 3.01. The van der Waals surface area contributed by atoms with Crippen molar-refractivity contribution in [1.82, 2.24) is 10.2 Å². The molecule has 2 amide bonds. The number of likely N-dealkylation sites (N-methyl/N-ethyl adjacent to an activating group) is 1. The highest BCUT2D eigenvalue weighted by Crippen LogP contribution is 2.24. The molecule has 20 heavy (non-hydrogen) atoms. The fourth-order valence-electron chi connectivity index (χ4n) is 2.70. The van der Waals surface area contributed by atoms with Gasteiger partial charge in [0.15, 0.2) is 0 Å². The minimum atomic E-state index is -0.125. The van der Waals surface area contributed by atoms with E-state index in [1.165, 1.54) is 11.3 Å². The van der Waals surface area contributed by atoms with E-state index < -0.39 is 0 Å². The van der Waals surface area contributed by atoms with Gasteiger partial charge >= 0.3 is 0 Å². The zero-order chi connectivity index (χ0) is 14.5. The van der Waals surface area contributed by atoms with E-state index in [1.807, 2.05) is 18.2 Å². The molecular weight excluding hydrogens is 252 g/mol. The molecule has 1 N–H and O–H groups in total. The topological polar surface area (TPSA) is 49.4 Å². The van der Waals surface area contributed by atoms with Crippen LogP contribution in [0.5, 0.6) is 0 Å². The molecule has 108 valence electrons. The first kappa shape index (κ1) is 14.6. The fourth-order valence-corrected chi connectivity index (χ4v) is 2.70. The number of carbonyl (C=O) groups excluding carboxylic acids is 2. The van der Waals surface area contributed by atoms with Crippen molar-refractivity contribution in [3.8, 4) is 0 Å². The second-order valence-corrected chi connectivity index (χ2v) is 5.71. The Morgan fingerprint density at radius 2 is 1.95 bits per heavy atom. The molecule has 1 aromatic rings. The molecule has 4 nitrogen and oxygen atoms in total. The Morgan fingerprint density at radius 3 is 2.55 bits per heavy atom. The average molecular weight is 274 g/mol. The maximum Gasteiger partial charge on any atom is 0.254 e. The molecule has 1 aliphatic rings. The molecule has 1 fully saturated rings. The van der Waals surface area contributed by atoms with Gasteiger partial charge in [-0.2, -0.15) is 0 Å². The lowest BCUT2D eigenvalue weighted by atomic mass is 10.1. The number of carbonyl (C=O) groups is 2. The Balaban J connectivity index is 1.83. The highest BCUT2D eigenvalue weighted by atomic mass is 16.2. The molecule has 0 heterocycles. The number of hydrogen-bond donors (Lipinski definition) is 1. The molecule has 1 aromatic carbocycles. The molecule has 1 saturated carbocycles. The summed E-state index contributed by atoms with van der Waals surface area (Å²) in [5.74, 6) is 0.486. The minimum absolute atomic E-state index is 0.0733. The van der Waals surface area contributed by atoms with Gasteiger partial charge in [0.05, 0.1) is 6.54 Å². The van der Waals surface area contributed by atoms with Crippen LogP contribution < -0.4 is 5.32 Å². The summed E-state index contributed by atoms with van der Waals surface area (Å²) in [6.45, 7) is 2.32. The smallest absolute Gasteiger partial charge is 0.254 e. The van der Waals surface area contributed by atoms with Gasteiger partial charge in [0.1, 0.15) is 0 Å². The monoisotopic (exact) mass is 274 g/mol. The van der Waals surface area contributed by atoms with Crippen LogP contribution in [0.3, 0.4) is 0 Å². The van der Waals surface area contributed by atoms with Gasteiger partial charge in [-0.25, -0.2) is 0 Å². The van der Waals surface area contributed by atoms with Crippen LogP contribution in [-0.2, 0) is 4.79 Å². The van der Waals surface area contributed by atoms with E-state index in [0.29, 0.717) is 11.5 Å². The quantitative estimate of drug-likeness (QED) is 0.913. The lowest BCUT2D eigenvalue weighted by Gasteiger charge is -2.19. The number of nitrogens with zero attached hydrogens (tertiary/aromatic N) is 1. The van der Waals surface area contributed by atoms with Gasteiger partial charge in [-0.1, -0.05) is 25.1 Å².